The Hall–Kier alpha value is -5.19. The van der Waals surface area contributed by atoms with Gasteiger partial charge in [0.05, 0.1) is 24.7 Å². The molecule has 3 aromatic carbocycles. The van der Waals surface area contributed by atoms with Crippen LogP contribution in [0.25, 0.3) is 11.4 Å². The van der Waals surface area contributed by atoms with Crippen molar-refractivity contribution < 1.29 is 19.2 Å². The number of para-hydroxylation sites is 2. The average molecular weight is 513 g/mol. The summed E-state index contributed by atoms with van der Waals surface area (Å²) in [6.07, 6.45) is 0. The lowest BCUT2D eigenvalue weighted by Crippen LogP contribution is -2.31. The number of anilines is 2. The minimum atomic E-state index is -0.723. The van der Waals surface area contributed by atoms with Crippen molar-refractivity contribution >= 4 is 23.2 Å². The molecule has 1 unspecified atom stereocenters. The predicted molar refractivity (Wildman–Crippen MR) is 141 cm³/mol. The predicted octanol–water partition coefficient (Wildman–Crippen LogP) is 4.80. The fourth-order valence-electron chi connectivity index (χ4n) is 4.43. The Balaban J connectivity index is 1.65. The van der Waals surface area contributed by atoms with Crippen molar-refractivity contribution in [3.05, 3.63) is 99.7 Å². The van der Waals surface area contributed by atoms with Crippen LogP contribution in [0.4, 0.5) is 17.3 Å². The molecular formula is C27H24N6O5. The third-order valence-electron chi connectivity index (χ3n) is 6.19. The molecule has 1 amide bonds. The number of methoxy groups -OCH3 is 2. The third kappa shape index (κ3) is 4.41. The Kier molecular flexibility index (Phi) is 6.48. The molecule has 38 heavy (non-hydrogen) atoms. The molecule has 2 N–H and O–H groups in total. The Labute approximate surface area is 217 Å². The van der Waals surface area contributed by atoms with Gasteiger partial charge in [0.25, 0.3) is 11.6 Å². The largest absolute Gasteiger partial charge is 0.493 e. The van der Waals surface area contributed by atoms with Gasteiger partial charge in [-0.05, 0) is 37.3 Å². The van der Waals surface area contributed by atoms with Gasteiger partial charge < -0.3 is 20.1 Å². The van der Waals surface area contributed by atoms with Crippen LogP contribution in [0, 0.1) is 10.1 Å². The first kappa shape index (κ1) is 24.5. The maximum Gasteiger partial charge on any atom is 0.269 e. The summed E-state index contributed by atoms with van der Waals surface area (Å²) in [5.74, 6) is 1.38. The quantitative estimate of drug-likeness (QED) is 0.267. The fraction of sp³-hybridized carbons (Fsp3) is 0.148. The summed E-state index contributed by atoms with van der Waals surface area (Å²) < 4.78 is 12.9. The van der Waals surface area contributed by atoms with Crippen molar-refractivity contribution in [3.8, 4) is 22.9 Å². The molecule has 11 nitrogen and oxygen atoms in total. The summed E-state index contributed by atoms with van der Waals surface area (Å²) in [5.41, 5.74) is 2.84. The molecule has 0 bridgehead atoms. The highest BCUT2D eigenvalue weighted by atomic mass is 16.6. The van der Waals surface area contributed by atoms with Crippen LogP contribution in [0.2, 0.25) is 0 Å². The number of allylic oxidation sites excluding steroid dienone is 1. The van der Waals surface area contributed by atoms with Crippen LogP contribution < -0.4 is 20.1 Å². The normalized spacial score (nSPS) is 14.3. The fourth-order valence-corrected chi connectivity index (χ4v) is 4.43. The van der Waals surface area contributed by atoms with E-state index in [1.54, 1.807) is 49.0 Å². The minimum Gasteiger partial charge on any atom is -0.493 e. The van der Waals surface area contributed by atoms with Crippen LogP contribution in [0.5, 0.6) is 11.5 Å². The highest BCUT2D eigenvalue weighted by Crippen LogP contribution is 2.43. The number of fused-ring (bicyclic) bond motifs is 1. The standard InChI is InChI=1S/C27H24N6O5/c1-16-22(26(34)29-18-8-5-4-6-9-18)23(20-10-7-11-21(37-2)24(20)38-3)32-27(28-16)30-25(31-32)17-12-14-19(15-13-17)33(35)36/h4-15,23H,1-3H3,(H,29,34)(H,28,30,31). The van der Waals surface area contributed by atoms with Gasteiger partial charge in [-0.2, -0.15) is 4.98 Å². The molecule has 0 saturated carbocycles. The monoisotopic (exact) mass is 512 g/mol. The molecule has 2 heterocycles. The highest BCUT2D eigenvalue weighted by molar-refractivity contribution is 6.06. The number of nitro groups is 1. The van der Waals surface area contributed by atoms with E-state index in [0.29, 0.717) is 51.4 Å². The summed E-state index contributed by atoms with van der Waals surface area (Å²) in [7, 11) is 3.08. The van der Waals surface area contributed by atoms with E-state index in [9.17, 15) is 14.9 Å². The van der Waals surface area contributed by atoms with Gasteiger partial charge in [-0.3, -0.25) is 14.9 Å². The zero-order valence-electron chi connectivity index (χ0n) is 20.8. The molecular weight excluding hydrogens is 488 g/mol. The molecule has 11 heteroatoms. The van der Waals surface area contributed by atoms with E-state index in [4.69, 9.17) is 14.6 Å². The summed E-state index contributed by atoms with van der Waals surface area (Å²) in [6.45, 7) is 1.79. The van der Waals surface area contributed by atoms with E-state index in [2.05, 4.69) is 15.6 Å². The number of carbonyl (C=O) groups is 1. The SMILES string of the molecule is COc1cccc(C2C(C(=O)Nc3ccccc3)=C(C)Nc3nc(-c4ccc([N+](=O)[O-])cc4)nn32)c1OC. The minimum absolute atomic E-state index is 0.0350. The van der Waals surface area contributed by atoms with Gasteiger partial charge in [0.1, 0.15) is 6.04 Å². The molecule has 0 aliphatic carbocycles. The van der Waals surface area contributed by atoms with Crippen molar-refractivity contribution in [2.75, 3.05) is 24.9 Å². The van der Waals surface area contributed by atoms with Gasteiger partial charge in [-0.25, -0.2) is 4.68 Å². The molecule has 0 spiro atoms. The number of carbonyl (C=O) groups excluding carboxylic acids is 1. The number of nitrogens with one attached hydrogen (secondary N) is 2. The number of non-ortho nitro benzene ring substituents is 1. The van der Waals surface area contributed by atoms with Crippen molar-refractivity contribution in [3.63, 3.8) is 0 Å². The molecule has 192 valence electrons. The van der Waals surface area contributed by atoms with Crippen molar-refractivity contribution in [1.29, 1.82) is 0 Å². The lowest BCUT2D eigenvalue weighted by atomic mass is 9.94. The number of rotatable bonds is 7. The van der Waals surface area contributed by atoms with Crippen molar-refractivity contribution in [1.82, 2.24) is 14.8 Å². The summed E-state index contributed by atoms with van der Waals surface area (Å²) in [4.78, 5) is 28.9. The molecule has 1 aliphatic heterocycles. The maximum atomic E-state index is 13.7. The molecule has 1 aromatic heterocycles. The number of aromatic nitrogens is 3. The van der Waals surface area contributed by atoms with E-state index in [1.807, 2.05) is 30.3 Å². The van der Waals surface area contributed by atoms with E-state index in [-0.39, 0.29) is 11.6 Å². The van der Waals surface area contributed by atoms with Crippen LogP contribution >= 0.6 is 0 Å². The second-order valence-electron chi connectivity index (χ2n) is 8.48. The number of hydrogen-bond acceptors (Lipinski definition) is 8. The first-order valence-electron chi connectivity index (χ1n) is 11.7. The molecule has 0 saturated heterocycles. The first-order valence-corrected chi connectivity index (χ1v) is 11.7. The zero-order chi connectivity index (χ0) is 26.8. The van der Waals surface area contributed by atoms with Gasteiger partial charge in [0.2, 0.25) is 5.95 Å². The lowest BCUT2D eigenvalue weighted by molar-refractivity contribution is -0.384. The van der Waals surface area contributed by atoms with Crippen molar-refractivity contribution in [2.45, 2.75) is 13.0 Å². The Morgan fingerprint density at radius 2 is 1.76 bits per heavy atom. The number of ether oxygens (including phenoxy) is 2. The van der Waals surface area contributed by atoms with Crippen LogP contribution in [-0.4, -0.2) is 39.8 Å². The van der Waals surface area contributed by atoms with Crippen LogP contribution in [0.1, 0.15) is 18.5 Å². The van der Waals surface area contributed by atoms with Crippen LogP contribution in [-0.2, 0) is 4.79 Å². The van der Waals surface area contributed by atoms with Gasteiger partial charge in [0.15, 0.2) is 17.3 Å². The second-order valence-corrected chi connectivity index (χ2v) is 8.48. The molecule has 0 radical (unpaired) electrons. The molecule has 4 aromatic rings. The number of nitro benzene ring substituents is 1. The summed E-state index contributed by atoms with van der Waals surface area (Å²) >= 11 is 0. The summed E-state index contributed by atoms with van der Waals surface area (Å²) in [6, 6.07) is 19.8. The zero-order valence-corrected chi connectivity index (χ0v) is 20.8. The van der Waals surface area contributed by atoms with E-state index in [1.165, 1.54) is 19.2 Å². The summed E-state index contributed by atoms with van der Waals surface area (Å²) in [5, 5.41) is 22.0. The maximum absolute atomic E-state index is 13.7. The van der Waals surface area contributed by atoms with Crippen molar-refractivity contribution in [2.24, 2.45) is 0 Å². The molecule has 1 atom stereocenters. The van der Waals surface area contributed by atoms with Gasteiger partial charge in [-0.15, -0.1) is 5.10 Å². The number of benzene rings is 3. The Morgan fingerprint density at radius 3 is 2.42 bits per heavy atom. The van der Waals surface area contributed by atoms with Gasteiger partial charge >= 0.3 is 0 Å². The van der Waals surface area contributed by atoms with Gasteiger partial charge in [-0.1, -0.05) is 30.3 Å². The Bertz CT molecular complexity index is 1550. The first-order chi connectivity index (χ1) is 18.4. The molecule has 1 aliphatic rings. The van der Waals surface area contributed by atoms with Crippen LogP contribution in [0.3, 0.4) is 0 Å². The average Bonchev–Trinajstić information content (AvgIpc) is 3.35. The molecule has 5 rings (SSSR count). The van der Waals surface area contributed by atoms with E-state index in [0.717, 1.165) is 0 Å². The van der Waals surface area contributed by atoms with E-state index >= 15 is 0 Å². The third-order valence-corrected chi connectivity index (χ3v) is 6.19. The van der Waals surface area contributed by atoms with E-state index < -0.39 is 11.0 Å². The van der Waals surface area contributed by atoms with Gasteiger partial charge in [0, 0.05) is 34.6 Å². The van der Waals surface area contributed by atoms with Crippen LogP contribution in [0.15, 0.2) is 84.1 Å². The number of nitrogens with zero attached hydrogens (tertiary/aromatic N) is 4. The number of hydrogen-bond donors (Lipinski definition) is 2. The smallest absolute Gasteiger partial charge is 0.269 e. The number of amides is 1. The Morgan fingerprint density at radius 1 is 1.03 bits per heavy atom. The highest BCUT2D eigenvalue weighted by Gasteiger charge is 2.37. The topological polar surface area (TPSA) is 133 Å². The second kappa shape index (κ2) is 10.1. The molecule has 0 fully saturated rings. The lowest BCUT2D eigenvalue weighted by Gasteiger charge is -2.30.